The fourth-order valence-electron chi connectivity index (χ4n) is 5.62. The van der Waals surface area contributed by atoms with Gasteiger partial charge in [-0.3, -0.25) is 9.69 Å². The molecule has 5 rings (SSSR count). The van der Waals surface area contributed by atoms with Crippen molar-refractivity contribution in [2.24, 2.45) is 11.3 Å². The van der Waals surface area contributed by atoms with E-state index < -0.39 is 5.97 Å². The maximum atomic E-state index is 12.0. The molecular weight excluding hydrogens is 406 g/mol. The molecule has 1 aromatic heterocycles. The van der Waals surface area contributed by atoms with Crippen LogP contribution in [0.3, 0.4) is 0 Å². The zero-order chi connectivity index (χ0) is 22.3. The number of carbonyl (C=O) groups is 1. The van der Waals surface area contributed by atoms with Gasteiger partial charge >= 0.3 is 5.97 Å². The first-order chi connectivity index (χ1) is 15.5. The topological polar surface area (TPSA) is 72.1 Å². The molecule has 2 aliphatic heterocycles. The first-order valence-electron chi connectivity index (χ1n) is 11.2. The SMILES string of the molecule is COc1cc2c(-c3ccccc3)c(C)oc2cc1CN1CC(C(=O)O)C2(CCOCC2)C1. The van der Waals surface area contributed by atoms with Crippen LogP contribution in [-0.2, 0) is 16.1 Å². The van der Waals surface area contributed by atoms with E-state index in [-0.39, 0.29) is 11.3 Å². The van der Waals surface area contributed by atoms with Crippen LogP contribution in [0.1, 0.15) is 24.2 Å². The summed E-state index contributed by atoms with van der Waals surface area (Å²) in [5.41, 5.74) is 3.83. The van der Waals surface area contributed by atoms with Crippen LogP contribution in [0.15, 0.2) is 46.9 Å². The molecule has 2 fully saturated rings. The van der Waals surface area contributed by atoms with Gasteiger partial charge in [-0.25, -0.2) is 0 Å². The number of hydrogen-bond donors (Lipinski definition) is 1. The molecule has 168 valence electrons. The summed E-state index contributed by atoms with van der Waals surface area (Å²) in [4.78, 5) is 14.3. The molecule has 0 amide bonds. The summed E-state index contributed by atoms with van der Waals surface area (Å²) >= 11 is 0. The standard InChI is InChI=1S/C26H29NO5/c1-17-24(18-6-4-3-5-7-18)20-13-22(30-2)19(12-23(20)32-17)14-27-15-21(25(28)29)26(16-27)8-10-31-11-9-26/h3-7,12-13,21H,8-11,14-16H2,1-2H3,(H,28,29). The van der Waals surface area contributed by atoms with Gasteiger partial charge in [0.2, 0.25) is 0 Å². The summed E-state index contributed by atoms with van der Waals surface area (Å²) in [5.74, 6) is 0.608. The molecule has 0 radical (unpaired) electrons. The van der Waals surface area contributed by atoms with E-state index in [2.05, 4.69) is 29.2 Å². The van der Waals surface area contributed by atoms with Crippen LogP contribution >= 0.6 is 0 Å². The van der Waals surface area contributed by atoms with E-state index in [0.717, 1.165) is 58.6 Å². The summed E-state index contributed by atoms with van der Waals surface area (Å²) < 4.78 is 17.4. The Hall–Kier alpha value is -2.83. The average Bonchev–Trinajstić information content (AvgIpc) is 3.30. The smallest absolute Gasteiger partial charge is 0.308 e. The molecule has 6 nitrogen and oxygen atoms in total. The van der Waals surface area contributed by atoms with Crippen molar-refractivity contribution in [3.05, 3.63) is 53.8 Å². The Morgan fingerprint density at radius 3 is 2.66 bits per heavy atom. The molecule has 3 heterocycles. The summed E-state index contributed by atoms with van der Waals surface area (Å²) in [6.07, 6.45) is 1.60. The number of rotatable bonds is 5. The van der Waals surface area contributed by atoms with Crippen LogP contribution in [0, 0.1) is 18.3 Å². The zero-order valence-corrected chi connectivity index (χ0v) is 18.6. The number of aliphatic carboxylic acids is 1. The van der Waals surface area contributed by atoms with E-state index in [1.165, 1.54) is 0 Å². The summed E-state index contributed by atoms with van der Waals surface area (Å²) in [5, 5.41) is 10.9. The van der Waals surface area contributed by atoms with Crippen LogP contribution in [0.25, 0.3) is 22.1 Å². The van der Waals surface area contributed by atoms with Crippen LogP contribution < -0.4 is 4.74 Å². The van der Waals surface area contributed by atoms with Crippen LogP contribution in [0.4, 0.5) is 0 Å². The average molecular weight is 436 g/mol. The molecule has 1 N–H and O–H groups in total. The van der Waals surface area contributed by atoms with Gasteiger partial charge in [-0.15, -0.1) is 0 Å². The Kier molecular flexibility index (Phi) is 5.43. The van der Waals surface area contributed by atoms with E-state index in [4.69, 9.17) is 13.9 Å². The van der Waals surface area contributed by atoms with Crippen molar-refractivity contribution >= 4 is 16.9 Å². The predicted octanol–water partition coefficient (Wildman–Crippen LogP) is 4.73. The molecule has 1 spiro atoms. The number of nitrogens with zero attached hydrogens (tertiary/aromatic N) is 1. The lowest BCUT2D eigenvalue weighted by Gasteiger charge is -2.36. The van der Waals surface area contributed by atoms with Crippen molar-refractivity contribution in [3.8, 4) is 16.9 Å². The van der Waals surface area contributed by atoms with Crippen LogP contribution in [-0.4, -0.2) is 49.4 Å². The molecule has 1 unspecified atom stereocenters. The highest BCUT2D eigenvalue weighted by atomic mass is 16.5. The van der Waals surface area contributed by atoms with E-state index in [9.17, 15) is 9.90 Å². The number of likely N-dealkylation sites (tertiary alicyclic amines) is 1. The lowest BCUT2D eigenvalue weighted by molar-refractivity contribution is -0.147. The highest BCUT2D eigenvalue weighted by molar-refractivity contribution is 5.97. The van der Waals surface area contributed by atoms with Gasteiger partial charge in [0.25, 0.3) is 0 Å². The third-order valence-electron chi connectivity index (χ3n) is 7.23. The van der Waals surface area contributed by atoms with E-state index >= 15 is 0 Å². The molecular formula is C26H29NO5. The van der Waals surface area contributed by atoms with Gasteiger partial charge in [-0.2, -0.15) is 0 Å². The Labute approximate surface area is 187 Å². The number of furan rings is 1. The summed E-state index contributed by atoms with van der Waals surface area (Å²) in [6, 6.07) is 14.3. The molecule has 0 aliphatic carbocycles. The first-order valence-corrected chi connectivity index (χ1v) is 11.2. The molecule has 2 aliphatic rings. The van der Waals surface area contributed by atoms with Gasteiger partial charge in [-0.1, -0.05) is 30.3 Å². The number of carboxylic acids is 1. The summed E-state index contributed by atoms with van der Waals surface area (Å²) in [6.45, 7) is 5.21. The quantitative estimate of drug-likeness (QED) is 0.625. The second-order valence-corrected chi connectivity index (χ2v) is 9.09. The Balaban J connectivity index is 1.48. The molecule has 3 aromatic rings. The predicted molar refractivity (Wildman–Crippen MR) is 122 cm³/mol. The largest absolute Gasteiger partial charge is 0.496 e. The van der Waals surface area contributed by atoms with Crippen molar-refractivity contribution in [2.45, 2.75) is 26.3 Å². The highest BCUT2D eigenvalue weighted by Crippen LogP contribution is 2.45. The van der Waals surface area contributed by atoms with Crippen molar-refractivity contribution in [2.75, 3.05) is 33.4 Å². The van der Waals surface area contributed by atoms with Crippen molar-refractivity contribution < 1.29 is 23.8 Å². The van der Waals surface area contributed by atoms with Gasteiger partial charge < -0.3 is 19.0 Å². The number of fused-ring (bicyclic) bond motifs is 1. The van der Waals surface area contributed by atoms with Gasteiger partial charge in [0, 0.05) is 54.8 Å². The normalized spacial score (nSPS) is 20.8. The maximum absolute atomic E-state index is 12.0. The van der Waals surface area contributed by atoms with E-state index in [1.807, 2.05) is 25.1 Å². The first kappa shape index (κ1) is 21.0. The lowest BCUT2D eigenvalue weighted by Crippen LogP contribution is -2.40. The maximum Gasteiger partial charge on any atom is 0.308 e. The number of carboxylic acid groups (broad SMARTS) is 1. The number of methoxy groups -OCH3 is 1. The molecule has 2 aromatic carbocycles. The van der Waals surface area contributed by atoms with Gasteiger partial charge in [0.05, 0.1) is 13.0 Å². The number of aryl methyl sites for hydroxylation is 1. The molecule has 32 heavy (non-hydrogen) atoms. The lowest BCUT2D eigenvalue weighted by atomic mass is 9.72. The minimum Gasteiger partial charge on any atom is -0.496 e. The van der Waals surface area contributed by atoms with E-state index in [0.29, 0.717) is 26.3 Å². The Morgan fingerprint density at radius 2 is 1.97 bits per heavy atom. The van der Waals surface area contributed by atoms with Crippen LogP contribution in [0.2, 0.25) is 0 Å². The number of ether oxygens (including phenoxy) is 2. The monoisotopic (exact) mass is 435 g/mol. The second-order valence-electron chi connectivity index (χ2n) is 9.09. The molecule has 1 atom stereocenters. The third kappa shape index (κ3) is 3.57. The minimum atomic E-state index is -0.703. The Morgan fingerprint density at radius 1 is 1.22 bits per heavy atom. The zero-order valence-electron chi connectivity index (χ0n) is 18.6. The molecule has 6 heteroatoms. The van der Waals surface area contributed by atoms with Crippen molar-refractivity contribution in [1.82, 2.24) is 4.90 Å². The fourth-order valence-corrected chi connectivity index (χ4v) is 5.62. The number of benzene rings is 2. The third-order valence-corrected chi connectivity index (χ3v) is 7.23. The fraction of sp³-hybridized carbons (Fsp3) is 0.423. The Bertz CT molecular complexity index is 1130. The molecule has 0 saturated carbocycles. The molecule has 0 bridgehead atoms. The number of hydrogen-bond acceptors (Lipinski definition) is 5. The van der Waals surface area contributed by atoms with E-state index in [1.54, 1.807) is 7.11 Å². The minimum absolute atomic E-state index is 0.205. The highest BCUT2D eigenvalue weighted by Gasteiger charge is 2.50. The van der Waals surface area contributed by atoms with Crippen molar-refractivity contribution in [3.63, 3.8) is 0 Å². The van der Waals surface area contributed by atoms with Crippen LogP contribution in [0.5, 0.6) is 5.75 Å². The van der Waals surface area contributed by atoms with Gasteiger partial charge in [-0.05, 0) is 37.5 Å². The summed E-state index contributed by atoms with van der Waals surface area (Å²) in [7, 11) is 1.68. The van der Waals surface area contributed by atoms with Gasteiger partial charge in [0.15, 0.2) is 0 Å². The molecule has 2 saturated heterocycles. The van der Waals surface area contributed by atoms with Crippen molar-refractivity contribution in [1.29, 1.82) is 0 Å². The van der Waals surface area contributed by atoms with Gasteiger partial charge in [0.1, 0.15) is 17.1 Å². The second kappa shape index (κ2) is 8.26.